The zero-order valence-corrected chi connectivity index (χ0v) is 14.3. The largest absolute Gasteiger partial charge is 0.496 e. The summed E-state index contributed by atoms with van der Waals surface area (Å²) in [6, 6.07) is 13.5. The average Bonchev–Trinajstić information content (AvgIpc) is 2.68. The van der Waals surface area contributed by atoms with E-state index in [1.54, 1.807) is 30.3 Å². The van der Waals surface area contributed by atoms with Gasteiger partial charge in [-0.05, 0) is 42.5 Å². The second-order valence-corrected chi connectivity index (χ2v) is 5.59. The molecule has 0 aliphatic carbocycles. The normalized spacial score (nSPS) is 10.3. The minimum Gasteiger partial charge on any atom is -0.496 e. The molecule has 7 heteroatoms. The number of carbonyl (C=O) groups excluding carboxylic acids is 1. The molecule has 1 aromatic heterocycles. The van der Waals surface area contributed by atoms with Crippen LogP contribution >= 0.6 is 0 Å². The van der Waals surface area contributed by atoms with Crippen LogP contribution in [0.15, 0.2) is 60.8 Å². The van der Waals surface area contributed by atoms with Gasteiger partial charge in [0.05, 0.1) is 24.7 Å². The van der Waals surface area contributed by atoms with Gasteiger partial charge in [0.15, 0.2) is 0 Å². The van der Waals surface area contributed by atoms with Crippen molar-refractivity contribution in [2.45, 2.75) is 0 Å². The standard InChI is InChI=1S/C20H15FN2O4/c1-27-18-9-6-12(10-15(18)20(25)26)19(24)23-13-7-8-17(22-11-13)14-4-2-3-5-16(14)21/h2-11H,1H3,(H,23,24)(H,25,26). The van der Waals surface area contributed by atoms with Crippen LogP contribution in [0.4, 0.5) is 10.1 Å². The Morgan fingerprint density at radius 2 is 1.89 bits per heavy atom. The van der Waals surface area contributed by atoms with Gasteiger partial charge in [0.25, 0.3) is 5.91 Å². The number of benzene rings is 2. The number of pyridine rings is 1. The maximum atomic E-state index is 13.8. The molecule has 0 bridgehead atoms. The number of methoxy groups -OCH3 is 1. The first-order valence-corrected chi connectivity index (χ1v) is 7.93. The van der Waals surface area contributed by atoms with E-state index in [-0.39, 0.29) is 22.7 Å². The van der Waals surface area contributed by atoms with Gasteiger partial charge >= 0.3 is 5.97 Å². The number of hydrogen-bond acceptors (Lipinski definition) is 4. The quantitative estimate of drug-likeness (QED) is 0.716. The lowest BCUT2D eigenvalue weighted by atomic mass is 10.1. The van der Waals surface area contributed by atoms with Gasteiger partial charge in [0, 0.05) is 11.1 Å². The van der Waals surface area contributed by atoms with Gasteiger partial charge in [-0.2, -0.15) is 0 Å². The number of carbonyl (C=O) groups is 2. The Morgan fingerprint density at radius 3 is 2.52 bits per heavy atom. The number of nitrogens with zero attached hydrogens (tertiary/aromatic N) is 1. The van der Waals surface area contributed by atoms with Gasteiger partial charge in [-0.15, -0.1) is 0 Å². The van der Waals surface area contributed by atoms with Crippen molar-refractivity contribution in [3.8, 4) is 17.0 Å². The van der Waals surface area contributed by atoms with Crippen molar-refractivity contribution in [1.29, 1.82) is 0 Å². The zero-order valence-electron chi connectivity index (χ0n) is 14.3. The number of carboxylic acids is 1. The van der Waals surface area contributed by atoms with E-state index in [0.29, 0.717) is 16.9 Å². The Bertz CT molecular complexity index is 1000. The molecule has 0 saturated carbocycles. The molecule has 3 rings (SSSR count). The fourth-order valence-corrected chi connectivity index (χ4v) is 2.52. The fourth-order valence-electron chi connectivity index (χ4n) is 2.52. The van der Waals surface area contributed by atoms with E-state index < -0.39 is 11.9 Å². The van der Waals surface area contributed by atoms with E-state index in [9.17, 15) is 19.1 Å². The number of carboxylic acid groups (broad SMARTS) is 1. The maximum absolute atomic E-state index is 13.8. The molecule has 1 heterocycles. The Kier molecular flexibility index (Phi) is 5.12. The van der Waals surface area contributed by atoms with Crippen LogP contribution in [0.3, 0.4) is 0 Å². The molecule has 2 N–H and O–H groups in total. The number of anilines is 1. The summed E-state index contributed by atoms with van der Waals surface area (Å²) >= 11 is 0. The number of hydrogen-bond donors (Lipinski definition) is 2. The van der Waals surface area contributed by atoms with E-state index in [1.807, 2.05) is 0 Å². The average molecular weight is 366 g/mol. The Hall–Kier alpha value is -3.74. The van der Waals surface area contributed by atoms with Crippen LogP contribution in [0, 0.1) is 5.82 Å². The summed E-state index contributed by atoms with van der Waals surface area (Å²) in [6.45, 7) is 0. The molecule has 0 atom stereocenters. The SMILES string of the molecule is COc1ccc(C(=O)Nc2ccc(-c3ccccc3F)nc2)cc1C(=O)O. The summed E-state index contributed by atoms with van der Waals surface area (Å²) in [5, 5.41) is 11.8. The van der Waals surface area contributed by atoms with Crippen molar-refractivity contribution < 1.29 is 23.8 Å². The molecule has 1 amide bonds. The minimum atomic E-state index is -1.20. The van der Waals surface area contributed by atoms with Crippen LogP contribution in [0.1, 0.15) is 20.7 Å². The van der Waals surface area contributed by atoms with Crippen molar-refractivity contribution in [3.63, 3.8) is 0 Å². The second-order valence-electron chi connectivity index (χ2n) is 5.59. The van der Waals surface area contributed by atoms with Gasteiger partial charge in [-0.25, -0.2) is 9.18 Å². The predicted molar refractivity (Wildman–Crippen MR) is 97.5 cm³/mol. The Labute approximate surface area is 154 Å². The fraction of sp³-hybridized carbons (Fsp3) is 0.0500. The van der Waals surface area contributed by atoms with Crippen LogP contribution in [-0.2, 0) is 0 Å². The maximum Gasteiger partial charge on any atom is 0.339 e. The third-order valence-corrected chi connectivity index (χ3v) is 3.86. The molecule has 27 heavy (non-hydrogen) atoms. The molecule has 6 nitrogen and oxygen atoms in total. The summed E-state index contributed by atoms with van der Waals surface area (Å²) < 4.78 is 18.8. The highest BCUT2D eigenvalue weighted by atomic mass is 19.1. The second kappa shape index (κ2) is 7.65. The number of rotatable bonds is 5. The smallest absolute Gasteiger partial charge is 0.339 e. The van der Waals surface area contributed by atoms with Crippen LogP contribution in [0.2, 0.25) is 0 Å². The molecular weight excluding hydrogens is 351 g/mol. The molecule has 0 radical (unpaired) electrons. The third kappa shape index (κ3) is 3.92. The van der Waals surface area contributed by atoms with Crippen molar-refractivity contribution >= 4 is 17.6 Å². The molecule has 136 valence electrons. The summed E-state index contributed by atoms with van der Waals surface area (Å²) in [5.41, 5.74) is 1.23. The van der Waals surface area contributed by atoms with Gasteiger partial charge in [-0.1, -0.05) is 12.1 Å². The van der Waals surface area contributed by atoms with Crippen molar-refractivity contribution in [1.82, 2.24) is 4.98 Å². The molecule has 0 unspecified atom stereocenters. The molecule has 0 spiro atoms. The van der Waals surface area contributed by atoms with Crippen LogP contribution in [0.5, 0.6) is 5.75 Å². The number of halogens is 1. The van der Waals surface area contributed by atoms with Crippen LogP contribution in [-0.4, -0.2) is 29.1 Å². The highest BCUT2D eigenvalue weighted by Crippen LogP contribution is 2.23. The van der Waals surface area contributed by atoms with Gasteiger partial charge in [0.1, 0.15) is 17.1 Å². The highest BCUT2D eigenvalue weighted by molar-refractivity contribution is 6.06. The Morgan fingerprint density at radius 1 is 1.11 bits per heavy atom. The van der Waals surface area contributed by atoms with E-state index in [1.165, 1.54) is 37.6 Å². The molecule has 3 aromatic rings. The predicted octanol–water partition coefficient (Wildman–Crippen LogP) is 3.85. The van der Waals surface area contributed by atoms with Gasteiger partial charge < -0.3 is 15.2 Å². The van der Waals surface area contributed by atoms with E-state index in [2.05, 4.69) is 10.3 Å². The van der Waals surface area contributed by atoms with Crippen molar-refractivity contribution in [3.05, 3.63) is 77.7 Å². The van der Waals surface area contributed by atoms with Crippen molar-refractivity contribution in [2.75, 3.05) is 12.4 Å². The van der Waals surface area contributed by atoms with Gasteiger partial charge in [0.2, 0.25) is 0 Å². The van der Waals surface area contributed by atoms with Crippen LogP contribution in [0.25, 0.3) is 11.3 Å². The number of nitrogens with one attached hydrogen (secondary N) is 1. The summed E-state index contributed by atoms with van der Waals surface area (Å²) in [4.78, 5) is 27.8. The minimum absolute atomic E-state index is 0.113. The lowest BCUT2D eigenvalue weighted by molar-refractivity contribution is 0.0693. The molecule has 2 aromatic carbocycles. The van der Waals surface area contributed by atoms with Crippen molar-refractivity contribution in [2.24, 2.45) is 0 Å². The van der Waals surface area contributed by atoms with E-state index >= 15 is 0 Å². The lowest BCUT2D eigenvalue weighted by Crippen LogP contribution is -2.13. The summed E-state index contributed by atoms with van der Waals surface area (Å²) in [6.07, 6.45) is 1.40. The zero-order chi connectivity index (χ0) is 19.4. The summed E-state index contributed by atoms with van der Waals surface area (Å²) in [7, 11) is 1.35. The third-order valence-electron chi connectivity index (χ3n) is 3.86. The van der Waals surface area contributed by atoms with E-state index in [0.717, 1.165) is 0 Å². The Balaban J connectivity index is 1.80. The number of aromatic carboxylic acids is 1. The summed E-state index contributed by atoms with van der Waals surface area (Å²) in [5.74, 6) is -1.92. The topological polar surface area (TPSA) is 88.5 Å². The highest BCUT2D eigenvalue weighted by Gasteiger charge is 2.15. The lowest BCUT2D eigenvalue weighted by Gasteiger charge is -2.09. The first-order chi connectivity index (χ1) is 13.0. The molecular formula is C20H15FN2O4. The number of aromatic nitrogens is 1. The molecule has 0 aliphatic heterocycles. The van der Waals surface area contributed by atoms with E-state index in [4.69, 9.17) is 4.74 Å². The number of amides is 1. The number of ether oxygens (including phenoxy) is 1. The van der Waals surface area contributed by atoms with Crippen LogP contribution < -0.4 is 10.1 Å². The molecule has 0 fully saturated rings. The molecule has 0 aliphatic rings. The first kappa shape index (κ1) is 18.1. The van der Waals surface area contributed by atoms with Gasteiger partial charge in [-0.3, -0.25) is 9.78 Å². The monoisotopic (exact) mass is 366 g/mol. The first-order valence-electron chi connectivity index (χ1n) is 7.93. The molecule has 0 saturated heterocycles.